The maximum absolute atomic E-state index is 14.2. The summed E-state index contributed by atoms with van der Waals surface area (Å²) in [5.74, 6) is 0.666. The molecule has 5 rings (SSSR count). The Morgan fingerprint density at radius 3 is 2.64 bits per heavy atom. The fourth-order valence-electron chi connectivity index (χ4n) is 4.90. The van der Waals surface area contributed by atoms with Crippen molar-refractivity contribution in [1.29, 1.82) is 0 Å². The van der Waals surface area contributed by atoms with E-state index in [0.29, 0.717) is 38.2 Å². The second-order valence-corrected chi connectivity index (χ2v) is 9.12. The van der Waals surface area contributed by atoms with Crippen molar-refractivity contribution >= 4 is 5.69 Å². The summed E-state index contributed by atoms with van der Waals surface area (Å²) < 4.78 is 20.2. The Balaban J connectivity index is 1.31. The number of benzene rings is 2. The lowest BCUT2D eigenvalue weighted by atomic mass is 9.83. The molecule has 3 heterocycles. The largest absolute Gasteiger partial charge is 0.492 e. The van der Waals surface area contributed by atoms with E-state index < -0.39 is 5.60 Å². The van der Waals surface area contributed by atoms with Gasteiger partial charge in [0.15, 0.2) is 0 Å². The van der Waals surface area contributed by atoms with Crippen LogP contribution in [0.25, 0.3) is 0 Å². The fourth-order valence-corrected chi connectivity index (χ4v) is 4.90. The van der Waals surface area contributed by atoms with Gasteiger partial charge in [0.2, 0.25) is 0 Å². The molecule has 1 saturated heterocycles. The SMILES string of the molecule is Cc1cccc(CN2CCOc3ccc(C4(O)CCN(c5ccccc5F)CC4)cc3C2)n1. The molecule has 0 radical (unpaired) electrons. The highest BCUT2D eigenvalue weighted by Gasteiger charge is 2.35. The van der Waals surface area contributed by atoms with Crippen molar-refractivity contribution < 1.29 is 14.2 Å². The monoisotopic (exact) mass is 447 g/mol. The molecule has 172 valence electrons. The first kappa shape index (κ1) is 21.9. The molecule has 33 heavy (non-hydrogen) atoms. The predicted octanol–water partition coefficient (Wildman–Crippen LogP) is 4.41. The van der Waals surface area contributed by atoms with Crippen LogP contribution in [0.2, 0.25) is 0 Å². The molecule has 1 aromatic heterocycles. The van der Waals surface area contributed by atoms with E-state index in [0.717, 1.165) is 47.9 Å². The van der Waals surface area contributed by atoms with Crippen molar-refractivity contribution in [3.63, 3.8) is 0 Å². The Morgan fingerprint density at radius 1 is 1.03 bits per heavy atom. The lowest BCUT2D eigenvalue weighted by Gasteiger charge is -2.40. The summed E-state index contributed by atoms with van der Waals surface area (Å²) in [6.45, 7) is 6.18. The number of rotatable bonds is 4. The third kappa shape index (κ3) is 4.72. The van der Waals surface area contributed by atoms with Gasteiger partial charge in [0.25, 0.3) is 0 Å². The lowest BCUT2D eigenvalue weighted by Crippen LogP contribution is -2.43. The predicted molar refractivity (Wildman–Crippen MR) is 127 cm³/mol. The number of halogens is 1. The molecule has 5 nitrogen and oxygen atoms in total. The summed E-state index contributed by atoms with van der Waals surface area (Å²) in [5, 5.41) is 11.5. The zero-order valence-electron chi connectivity index (χ0n) is 19.0. The Kier molecular flexibility index (Phi) is 6.04. The molecular weight excluding hydrogens is 417 g/mol. The molecule has 3 aromatic rings. The first-order valence-corrected chi connectivity index (χ1v) is 11.6. The molecule has 0 bridgehead atoms. The van der Waals surface area contributed by atoms with Crippen LogP contribution in [0.3, 0.4) is 0 Å². The Hall–Kier alpha value is -2.96. The normalized spacial score (nSPS) is 18.3. The highest BCUT2D eigenvalue weighted by molar-refractivity contribution is 5.49. The number of aliphatic hydroxyl groups is 1. The molecule has 0 unspecified atom stereocenters. The van der Waals surface area contributed by atoms with Crippen molar-refractivity contribution in [3.8, 4) is 5.75 Å². The van der Waals surface area contributed by atoms with Gasteiger partial charge in [-0.1, -0.05) is 24.3 Å². The van der Waals surface area contributed by atoms with E-state index in [9.17, 15) is 9.50 Å². The summed E-state index contributed by atoms with van der Waals surface area (Å²) in [6.07, 6.45) is 1.11. The number of ether oxygens (including phenoxy) is 1. The van der Waals surface area contributed by atoms with E-state index in [4.69, 9.17) is 4.74 Å². The van der Waals surface area contributed by atoms with Gasteiger partial charge in [0, 0.05) is 44.0 Å². The Morgan fingerprint density at radius 2 is 1.85 bits per heavy atom. The van der Waals surface area contributed by atoms with Crippen LogP contribution in [0, 0.1) is 12.7 Å². The van der Waals surface area contributed by atoms with Gasteiger partial charge in [-0.25, -0.2) is 4.39 Å². The van der Waals surface area contributed by atoms with Crippen LogP contribution in [0.15, 0.2) is 60.7 Å². The molecule has 0 amide bonds. The molecule has 0 aliphatic carbocycles. The van der Waals surface area contributed by atoms with E-state index >= 15 is 0 Å². The number of aryl methyl sites for hydroxylation is 1. The smallest absolute Gasteiger partial charge is 0.146 e. The van der Waals surface area contributed by atoms with Crippen LogP contribution in [0.1, 0.15) is 35.4 Å². The molecule has 1 N–H and O–H groups in total. The van der Waals surface area contributed by atoms with E-state index in [1.807, 2.05) is 42.2 Å². The van der Waals surface area contributed by atoms with Crippen LogP contribution in [-0.2, 0) is 18.7 Å². The fraction of sp³-hybridized carbons (Fsp3) is 0.370. The van der Waals surface area contributed by atoms with Gasteiger partial charge < -0.3 is 14.7 Å². The van der Waals surface area contributed by atoms with Crippen LogP contribution in [0.5, 0.6) is 5.75 Å². The van der Waals surface area contributed by atoms with Gasteiger partial charge in [-0.05, 0) is 61.7 Å². The quantitative estimate of drug-likeness (QED) is 0.642. The average Bonchev–Trinajstić information content (AvgIpc) is 3.01. The van der Waals surface area contributed by atoms with Crippen LogP contribution < -0.4 is 9.64 Å². The maximum atomic E-state index is 14.2. The van der Waals surface area contributed by atoms with E-state index in [2.05, 4.69) is 22.0 Å². The second-order valence-electron chi connectivity index (χ2n) is 9.12. The van der Waals surface area contributed by atoms with Crippen molar-refractivity contribution in [3.05, 3.63) is 89.0 Å². The topological polar surface area (TPSA) is 48.8 Å². The highest BCUT2D eigenvalue weighted by Crippen LogP contribution is 2.37. The van der Waals surface area contributed by atoms with Crippen LogP contribution >= 0.6 is 0 Å². The van der Waals surface area contributed by atoms with Crippen molar-refractivity contribution in [1.82, 2.24) is 9.88 Å². The van der Waals surface area contributed by atoms with Crippen molar-refractivity contribution in [2.75, 3.05) is 31.1 Å². The summed E-state index contributed by atoms with van der Waals surface area (Å²) >= 11 is 0. The molecule has 6 heteroatoms. The maximum Gasteiger partial charge on any atom is 0.146 e. The molecule has 0 spiro atoms. The molecule has 0 saturated carbocycles. The average molecular weight is 448 g/mol. The number of hydrogen-bond donors (Lipinski definition) is 1. The van der Waals surface area contributed by atoms with Gasteiger partial charge in [0.05, 0.1) is 17.0 Å². The minimum atomic E-state index is -0.925. The first-order valence-electron chi connectivity index (χ1n) is 11.6. The molecule has 2 aliphatic heterocycles. The van der Waals surface area contributed by atoms with E-state index in [1.165, 1.54) is 6.07 Å². The summed E-state index contributed by atoms with van der Waals surface area (Å²) in [4.78, 5) is 9.00. The van der Waals surface area contributed by atoms with E-state index in [1.54, 1.807) is 12.1 Å². The number of pyridine rings is 1. The van der Waals surface area contributed by atoms with E-state index in [-0.39, 0.29) is 5.82 Å². The first-order chi connectivity index (χ1) is 16.0. The summed E-state index contributed by atoms with van der Waals surface area (Å²) in [6, 6.07) is 19.0. The van der Waals surface area contributed by atoms with Gasteiger partial charge in [0.1, 0.15) is 18.2 Å². The number of para-hydroxylation sites is 1. The third-order valence-electron chi connectivity index (χ3n) is 6.77. The molecule has 2 aromatic carbocycles. The number of hydrogen-bond acceptors (Lipinski definition) is 5. The third-order valence-corrected chi connectivity index (χ3v) is 6.77. The lowest BCUT2D eigenvalue weighted by molar-refractivity contribution is 0.0115. The van der Waals surface area contributed by atoms with Crippen molar-refractivity contribution in [2.45, 2.75) is 38.5 Å². The number of piperidine rings is 1. The summed E-state index contributed by atoms with van der Waals surface area (Å²) in [5.41, 5.74) is 3.75. The van der Waals surface area contributed by atoms with Crippen LogP contribution in [-0.4, -0.2) is 41.2 Å². The summed E-state index contributed by atoms with van der Waals surface area (Å²) in [7, 11) is 0. The van der Waals surface area contributed by atoms with Gasteiger partial charge in [-0.2, -0.15) is 0 Å². The number of fused-ring (bicyclic) bond motifs is 1. The zero-order chi connectivity index (χ0) is 22.8. The van der Waals surface area contributed by atoms with Crippen LogP contribution in [0.4, 0.5) is 10.1 Å². The van der Waals surface area contributed by atoms with Crippen molar-refractivity contribution in [2.24, 2.45) is 0 Å². The number of nitrogens with zero attached hydrogens (tertiary/aromatic N) is 3. The van der Waals surface area contributed by atoms with Gasteiger partial charge in [-0.3, -0.25) is 9.88 Å². The Labute approximate surface area is 194 Å². The minimum absolute atomic E-state index is 0.215. The second kappa shape index (κ2) is 9.12. The highest BCUT2D eigenvalue weighted by atomic mass is 19.1. The molecule has 1 fully saturated rings. The minimum Gasteiger partial charge on any atom is -0.492 e. The van der Waals surface area contributed by atoms with Gasteiger partial charge >= 0.3 is 0 Å². The zero-order valence-corrected chi connectivity index (χ0v) is 19.0. The number of anilines is 1. The molecule has 0 atom stereocenters. The standard InChI is InChI=1S/C27H30FN3O2/c1-20-5-4-6-23(29-20)19-30-15-16-33-26-10-9-22(17-21(26)18-30)27(32)11-13-31(14-12-27)25-8-3-2-7-24(25)28/h2-10,17,32H,11-16,18-19H2,1H3. The Bertz CT molecular complexity index is 1130. The molecule has 2 aliphatic rings. The molecular formula is C27H30FN3O2. The van der Waals surface area contributed by atoms with Gasteiger partial charge in [-0.15, -0.1) is 0 Å². The number of aromatic nitrogens is 1.